The van der Waals surface area contributed by atoms with Gasteiger partial charge < -0.3 is 10.2 Å². The molecule has 0 amide bonds. The van der Waals surface area contributed by atoms with Crippen LogP contribution in [-0.2, 0) is 11.4 Å². The molecule has 1 aromatic carbocycles. The van der Waals surface area contributed by atoms with Gasteiger partial charge in [0.2, 0.25) is 5.91 Å². The summed E-state index contributed by atoms with van der Waals surface area (Å²) < 4.78 is 1.44. The van der Waals surface area contributed by atoms with E-state index in [-0.39, 0.29) is 31.8 Å². The smallest absolute Gasteiger partial charge is 0.303 e. The first kappa shape index (κ1) is 14.6. The van der Waals surface area contributed by atoms with Crippen molar-refractivity contribution in [3.63, 3.8) is 0 Å². The Kier molecular flexibility index (Phi) is 4.42. The summed E-state index contributed by atoms with van der Waals surface area (Å²) >= 11 is 5.91. The molecule has 0 unspecified atom stereocenters. The number of hydrogen-bond acceptors (Lipinski definition) is 3. The summed E-state index contributed by atoms with van der Waals surface area (Å²) in [5, 5.41) is 19.2. The molecule has 106 valence electrons. The van der Waals surface area contributed by atoms with E-state index >= 15 is 0 Å². The minimum absolute atomic E-state index is 0.0381. The highest BCUT2D eigenvalue weighted by Crippen LogP contribution is 2.25. The Morgan fingerprint density at radius 2 is 2.00 bits per heavy atom. The molecule has 0 saturated heterocycles. The zero-order valence-electron chi connectivity index (χ0n) is 10.7. The highest BCUT2D eigenvalue weighted by atomic mass is 35.5. The van der Waals surface area contributed by atoms with Crippen LogP contribution in [0.3, 0.4) is 0 Å². The van der Waals surface area contributed by atoms with Crippen LogP contribution in [0.4, 0.5) is 0 Å². The molecule has 0 aliphatic heterocycles. The normalized spacial score (nSPS) is 10.9. The van der Waals surface area contributed by atoms with E-state index in [9.17, 15) is 14.7 Å². The molecule has 5 nitrogen and oxygen atoms in total. The topological polar surface area (TPSA) is 79.5 Å². The van der Waals surface area contributed by atoms with Crippen molar-refractivity contribution in [1.29, 1.82) is 0 Å². The fourth-order valence-electron chi connectivity index (χ4n) is 2.11. The van der Waals surface area contributed by atoms with E-state index in [2.05, 4.69) is 0 Å². The Balaban J connectivity index is 2.29. The molecule has 0 bridgehead atoms. The third kappa shape index (κ3) is 3.00. The predicted molar refractivity (Wildman–Crippen MR) is 75.0 cm³/mol. The Hall–Kier alpha value is -1.85. The molecule has 0 atom stereocenters. The lowest BCUT2D eigenvalue weighted by atomic mass is 10.2. The number of carboxylic acids is 1. The number of carbonyl (C=O) groups excluding carboxylic acids is 1. The lowest BCUT2D eigenvalue weighted by Gasteiger charge is -2.03. The molecule has 2 rings (SSSR count). The largest absolute Gasteiger partial charge is 0.481 e. The molecule has 2 N–H and O–H groups in total. The molecule has 0 radical (unpaired) electrons. The number of aliphatic hydroxyl groups excluding tert-OH is 1. The lowest BCUT2D eigenvalue weighted by Crippen LogP contribution is -2.09. The van der Waals surface area contributed by atoms with Gasteiger partial charge in [-0.1, -0.05) is 11.6 Å². The standard InChI is InChI=1S/C14H14ClNO4/c15-10-4-5-12-11(6-10)9(8-17)7-16(12)13(18)2-1-3-14(19)20/h4-7,17H,1-3,8H2,(H,19,20). The van der Waals surface area contributed by atoms with Gasteiger partial charge in [0.15, 0.2) is 0 Å². The monoisotopic (exact) mass is 295 g/mol. The van der Waals surface area contributed by atoms with Gasteiger partial charge in [-0.2, -0.15) is 0 Å². The number of benzene rings is 1. The van der Waals surface area contributed by atoms with Crippen LogP contribution < -0.4 is 0 Å². The van der Waals surface area contributed by atoms with E-state index in [1.54, 1.807) is 24.4 Å². The van der Waals surface area contributed by atoms with E-state index in [0.717, 1.165) is 5.39 Å². The summed E-state index contributed by atoms with van der Waals surface area (Å²) in [6.45, 7) is -0.188. The molecule has 2 aromatic rings. The molecule has 0 aliphatic carbocycles. The summed E-state index contributed by atoms with van der Waals surface area (Å²) in [6.07, 6.45) is 1.97. The third-order valence-corrected chi connectivity index (χ3v) is 3.30. The van der Waals surface area contributed by atoms with Crippen LogP contribution in [0.5, 0.6) is 0 Å². The molecular formula is C14H14ClNO4. The maximum atomic E-state index is 12.1. The molecule has 0 spiro atoms. The van der Waals surface area contributed by atoms with Crippen molar-refractivity contribution in [2.24, 2.45) is 0 Å². The highest BCUT2D eigenvalue weighted by Gasteiger charge is 2.14. The highest BCUT2D eigenvalue weighted by molar-refractivity contribution is 6.31. The number of carboxylic acid groups (broad SMARTS) is 1. The molecular weight excluding hydrogens is 282 g/mol. The maximum absolute atomic E-state index is 12.1. The zero-order chi connectivity index (χ0) is 14.7. The summed E-state index contributed by atoms with van der Waals surface area (Å²) in [6, 6.07) is 5.08. The zero-order valence-corrected chi connectivity index (χ0v) is 11.4. The third-order valence-electron chi connectivity index (χ3n) is 3.07. The van der Waals surface area contributed by atoms with Crippen molar-refractivity contribution >= 4 is 34.4 Å². The van der Waals surface area contributed by atoms with E-state index in [4.69, 9.17) is 16.7 Å². The second-order valence-electron chi connectivity index (χ2n) is 4.48. The quantitative estimate of drug-likeness (QED) is 0.889. The number of hydrogen-bond donors (Lipinski definition) is 2. The molecule has 20 heavy (non-hydrogen) atoms. The average Bonchev–Trinajstić information content (AvgIpc) is 2.76. The summed E-state index contributed by atoms with van der Waals surface area (Å²) in [7, 11) is 0. The van der Waals surface area contributed by atoms with Crippen LogP contribution in [0.1, 0.15) is 29.6 Å². The van der Waals surface area contributed by atoms with Gasteiger partial charge in [0.05, 0.1) is 12.1 Å². The van der Waals surface area contributed by atoms with Crippen LogP contribution in [0.25, 0.3) is 10.9 Å². The van der Waals surface area contributed by atoms with Crippen molar-refractivity contribution in [3.8, 4) is 0 Å². The van der Waals surface area contributed by atoms with Crippen LogP contribution in [0, 0.1) is 0 Å². The van der Waals surface area contributed by atoms with Gasteiger partial charge in [-0.25, -0.2) is 0 Å². The predicted octanol–water partition coefficient (Wildman–Crippen LogP) is 2.68. The van der Waals surface area contributed by atoms with Gasteiger partial charge in [0.25, 0.3) is 0 Å². The van der Waals surface area contributed by atoms with E-state index < -0.39 is 5.97 Å². The molecule has 1 heterocycles. The van der Waals surface area contributed by atoms with Crippen LogP contribution >= 0.6 is 11.6 Å². The van der Waals surface area contributed by atoms with Gasteiger partial charge >= 0.3 is 5.97 Å². The van der Waals surface area contributed by atoms with Gasteiger partial charge in [0.1, 0.15) is 0 Å². The van der Waals surface area contributed by atoms with Crippen LogP contribution in [-0.4, -0.2) is 26.7 Å². The molecule has 0 saturated carbocycles. The fraction of sp³-hybridized carbons (Fsp3) is 0.286. The molecule has 0 fully saturated rings. The van der Waals surface area contributed by atoms with E-state index in [1.165, 1.54) is 4.57 Å². The van der Waals surface area contributed by atoms with Crippen molar-refractivity contribution in [1.82, 2.24) is 4.57 Å². The Labute approximate surface area is 120 Å². The van der Waals surface area contributed by atoms with Gasteiger partial charge in [-0.05, 0) is 24.6 Å². The number of aliphatic hydroxyl groups is 1. The Morgan fingerprint density at radius 3 is 2.65 bits per heavy atom. The fourth-order valence-corrected chi connectivity index (χ4v) is 2.29. The van der Waals surface area contributed by atoms with Crippen molar-refractivity contribution < 1.29 is 19.8 Å². The summed E-state index contributed by atoms with van der Waals surface area (Å²) in [5.74, 6) is -1.11. The average molecular weight is 296 g/mol. The molecule has 0 aliphatic rings. The van der Waals surface area contributed by atoms with E-state index in [1.807, 2.05) is 0 Å². The van der Waals surface area contributed by atoms with E-state index in [0.29, 0.717) is 16.1 Å². The first-order valence-corrected chi connectivity index (χ1v) is 6.56. The number of nitrogens with zero attached hydrogens (tertiary/aromatic N) is 1. The molecule has 1 aromatic heterocycles. The van der Waals surface area contributed by atoms with Gasteiger partial charge in [0, 0.05) is 35.0 Å². The minimum atomic E-state index is -0.919. The SMILES string of the molecule is O=C(O)CCCC(=O)n1cc(CO)c2cc(Cl)ccc21. The summed E-state index contributed by atoms with van der Waals surface area (Å²) in [5.41, 5.74) is 1.29. The number of aliphatic carboxylic acids is 1. The second kappa shape index (κ2) is 6.07. The van der Waals surface area contributed by atoms with Gasteiger partial charge in [-0.3, -0.25) is 14.2 Å². The number of aromatic nitrogens is 1. The summed E-state index contributed by atoms with van der Waals surface area (Å²) in [4.78, 5) is 22.6. The number of halogens is 1. The van der Waals surface area contributed by atoms with Crippen molar-refractivity contribution in [2.45, 2.75) is 25.9 Å². The maximum Gasteiger partial charge on any atom is 0.303 e. The van der Waals surface area contributed by atoms with Crippen molar-refractivity contribution in [2.75, 3.05) is 0 Å². The molecule has 6 heteroatoms. The number of carbonyl (C=O) groups is 2. The first-order chi connectivity index (χ1) is 9.52. The number of fused-ring (bicyclic) bond motifs is 1. The van der Waals surface area contributed by atoms with Gasteiger partial charge in [-0.15, -0.1) is 0 Å². The second-order valence-corrected chi connectivity index (χ2v) is 4.92. The Morgan fingerprint density at radius 1 is 1.25 bits per heavy atom. The first-order valence-electron chi connectivity index (χ1n) is 6.18. The Bertz CT molecular complexity index is 662. The lowest BCUT2D eigenvalue weighted by molar-refractivity contribution is -0.137. The van der Waals surface area contributed by atoms with Crippen LogP contribution in [0.15, 0.2) is 24.4 Å². The minimum Gasteiger partial charge on any atom is -0.481 e. The number of rotatable bonds is 5. The van der Waals surface area contributed by atoms with Crippen LogP contribution in [0.2, 0.25) is 5.02 Å². The van der Waals surface area contributed by atoms with Crippen molar-refractivity contribution in [3.05, 3.63) is 35.0 Å².